The maximum atomic E-state index is 12.8. The number of ether oxygens (including phenoxy) is 1. The molecular weight excluding hydrogens is 334 g/mol. The molecule has 0 bridgehead atoms. The molecule has 4 rings (SSSR count). The fraction of sp³-hybridized carbons (Fsp3) is 0.421. The molecule has 1 saturated heterocycles. The standard InChI is InChI=1S/C19H21N3O4/c23-17-14-15(18(24)22(17)13-9-5-2-6-10-13)20-21-16(14)19(25)26-11-12-7-3-1-4-8-12/h1,3-4,7-8,13,15,20-21H,2,5-6,9-11H2. The molecule has 2 amide bonds. The van der Waals surface area contributed by atoms with Crippen molar-refractivity contribution in [3.8, 4) is 0 Å². The summed E-state index contributed by atoms with van der Waals surface area (Å²) < 4.78 is 5.30. The van der Waals surface area contributed by atoms with Crippen molar-refractivity contribution >= 4 is 17.8 Å². The summed E-state index contributed by atoms with van der Waals surface area (Å²) in [6, 6.07) is 8.43. The first-order chi connectivity index (χ1) is 12.7. The van der Waals surface area contributed by atoms with E-state index in [0.717, 1.165) is 37.7 Å². The molecule has 2 fully saturated rings. The van der Waals surface area contributed by atoms with Crippen molar-refractivity contribution in [1.82, 2.24) is 15.8 Å². The zero-order valence-electron chi connectivity index (χ0n) is 14.4. The van der Waals surface area contributed by atoms with Gasteiger partial charge in [0.2, 0.25) is 0 Å². The number of carbonyl (C=O) groups is 3. The molecule has 1 saturated carbocycles. The minimum absolute atomic E-state index is 0.0441. The highest BCUT2D eigenvalue weighted by Gasteiger charge is 2.51. The van der Waals surface area contributed by atoms with Gasteiger partial charge in [0.25, 0.3) is 11.8 Å². The number of rotatable bonds is 4. The van der Waals surface area contributed by atoms with Gasteiger partial charge in [-0.15, -0.1) is 0 Å². The van der Waals surface area contributed by atoms with Crippen LogP contribution in [0.1, 0.15) is 37.7 Å². The number of amides is 2. The summed E-state index contributed by atoms with van der Waals surface area (Å²) in [7, 11) is 0. The summed E-state index contributed by atoms with van der Waals surface area (Å²) in [5.74, 6) is -1.29. The molecule has 0 spiro atoms. The first-order valence-electron chi connectivity index (χ1n) is 9.01. The molecule has 0 aromatic heterocycles. The zero-order chi connectivity index (χ0) is 18.1. The first-order valence-corrected chi connectivity index (χ1v) is 9.01. The van der Waals surface area contributed by atoms with Crippen molar-refractivity contribution in [3.05, 3.63) is 47.2 Å². The SMILES string of the molecule is O=C(OCc1ccccc1)C1=C2C(=O)N(C3CCCCC3)C(=O)C2NN1. The Morgan fingerprint density at radius 2 is 1.85 bits per heavy atom. The third-order valence-electron chi connectivity index (χ3n) is 5.19. The third-order valence-corrected chi connectivity index (χ3v) is 5.19. The number of esters is 1. The lowest BCUT2D eigenvalue weighted by molar-refractivity contribution is -0.144. The summed E-state index contributed by atoms with van der Waals surface area (Å²) in [5.41, 5.74) is 6.50. The van der Waals surface area contributed by atoms with Crippen molar-refractivity contribution in [2.24, 2.45) is 0 Å². The number of hydrogen-bond donors (Lipinski definition) is 2. The largest absolute Gasteiger partial charge is 0.456 e. The molecule has 136 valence electrons. The van der Waals surface area contributed by atoms with Crippen molar-refractivity contribution in [3.63, 3.8) is 0 Å². The Balaban J connectivity index is 1.51. The Bertz CT molecular complexity index is 768. The molecule has 3 aliphatic rings. The molecular formula is C19H21N3O4. The predicted molar refractivity (Wildman–Crippen MR) is 92.0 cm³/mol. The monoisotopic (exact) mass is 355 g/mol. The molecule has 26 heavy (non-hydrogen) atoms. The number of nitrogens with zero attached hydrogens (tertiary/aromatic N) is 1. The first kappa shape index (κ1) is 16.8. The summed E-state index contributed by atoms with van der Waals surface area (Å²) in [5, 5.41) is 0. The summed E-state index contributed by atoms with van der Waals surface area (Å²) in [4.78, 5) is 39.3. The van der Waals surface area contributed by atoms with E-state index in [0.29, 0.717) is 0 Å². The van der Waals surface area contributed by atoms with Gasteiger partial charge in [-0.1, -0.05) is 49.6 Å². The Labute approximate surface area is 151 Å². The van der Waals surface area contributed by atoms with Crippen LogP contribution >= 0.6 is 0 Å². The van der Waals surface area contributed by atoms with E-state index < -0.39 is 12.0 Å². The van der Waals surface area contributed by atoms with Gasteiger partial charge in [-0.2, -0.15) is 0 Å². The molecule has 2 N–H and O–H groups in total. The second kappa shape index (κ2) is 6.92. The Kier molecular flexibility index (Phi) is 4.46. The van der Waals surface area contributed by atoms with Crippen LogP contribution in [-0.2, 0) is 25.7 Å². The van der Waals surface area contributed by atoms with Crippen LogP contribution in [0.15, 0.2) is 41.6 Å². The van der Waals surface area contributed by atoms with Crippen LogP contribution in [0, 0.1) is 0 Å². The van der Waals surface area contributed by atoms with Gasteiger partial charge in [-0.3, -0.25) is 14.5 Å². The minimum atomic E-state index is -0.802. The fourth-order valence-electron chi connectivity index (χ4n) is 3.85. The normalized spacial score (nSPS) is 23.2. The van der Waals surface area contributed by atoms with Gasteiger partial charge >= 0.3 is 5.97 Å². The lowest BCUT2D eigenvalue weighted by Gasteiger charge is -2.29. The Morgan fingerprint density at radius 1 is 1.12 bits per heavy atom. The van der Waals surface area contributed by atoms with Gasteiger partial charge < -0.3 is 10.2 Å². The molecule has 7 nitrogen and oxygen atoms in total. The van der Waals surface area contributed by atoms with Gasteiger partial charge in [-0.25, -0.2) is 10.2 Å². The van der Waals surface area contributed by atoms with Crippen LogP contribution in [0.4, 0.5) is 0 Å². The molecule has 1 aliphatic carbocycles. The molecule has 2 aliphatic heterocycles. The lowest BCUT2D eigenvalue weighted by atomic mass is 9.94. The third kappa shape index (κ3) is 2.88. The molecule has 2 heterocycles. The van der Waals surface area contributed by atoms with Gasteiger partial charge in [0, 0.05) is 6.04 Å². The average Bonchev–Trinajstić information content (AvgIpc) is 3.22. The maximum absolute atomic E-state index is 12.8. The van der Waals surface area contributed by atoms with E-state index in [1.54, 1.807) is 0 Å². The van der Waals surface area contributed by atoms with Crippen molar-refractivity contribution < 1.29 is 19.1 Å². The van der Waals surface area contributed by atoms with Crippen LogP contribution in [-0.4, -0.2) is 34.8 Å². The molecule has 1 atom stereocenters. The quantitative estimate of drug-likeness (QED) is 0.623. The molecule has 7 heteroatoms. The highest BCUT2D eigenvalue weighted by Crippen LogP contribution is 2.32. The highest BCUT2D eigenvalue weighted by molar-refractivity contribution is 6.20. The van der Waals surface area contributed by atoms with Crippen LogP contribution < -0.4 is 10.9 Å². The number of hydrazine groups is 1. The van der Waals surface area contributed by atoms with E-state index in [1.807, 2.05) is 30.3 Å². The topological polar surface area (TPSA) is 87.7 Å². The molecule has 1 unspecified atom stereocenters. The maximum Gasteiger partial charge on any atom is 0.356 e. The van der Waals surface area contributed by atoms with Crippen molar-refractivity contribution in [2.75, 3.05) is 0 Å². The van der Waals surface area contributed by atoms with Crippen LogP contribution in [0.3, 0.4) is 0 Å². The number of carbonyl (C=O) groups excluding carboxylic acids is 3. The van der Waals surface area contributed by atoms with E-state index in [-0.39, 0.29) is 35.7 Å². The second-order valence-electron chi connectivity index (χ2n) is 6.86. The number of imide groups is 1. The van der Waals surface area contributed by atoms with E-state index in [9.17, 15) is 14.4 Å². The number of nitrogens with one attached hydrogen (secondary N) is 2. The molecule has 1 aromatic rings. The fourth-order valence-corrected chi connectivity index (χ4v) is 3.85. The van der Waals surface area contributed by atoms with Crippen LogP contribution in [0.5, 0.6) is 0 Å². The van der Waals surface area contributed by atoms with E-state index in [1.165, 1.54) is 4.90 Å². The number of hydrogen-bond acceptors (Lipinski definition) is 6. The van der Waals surface area contributed by atoms with Gasteiger partial charge in [-0.05, 0) is 18.4 Å². The Morgan fingerprint density at radius 3 is 2.58 bits per heavy atom. The summed E-state index contributed by atoms with van der Waals surface area (Å²) in [6.07, 6.45) is 4.83. The van der Waals surface area contributed by atoms with E-state index in [2.05, 4.69) is 10.9 Å². The van der Waals surface area contributed by atoms with Gasteiger partial charge in [0.1, 0.15) is 18.3 Å². The smallest absolute Gasteiger partial charge is 0.356 e. The predicted octanol–water partition coefficient (Wildman–Crippen LogP) is 1.16. The molecule has 0 radical (unpaired) electrons. The lowest BCUT2D eigenvalue weighted by Crippen LogP contribution is -2.47. The minimum Gasteiger partial charge on any atom is -0.456 e. The number of benzene rings is 1. The van der Waals surface area contributed by atoms with Gasteiger partial charge in [0.15, 0.2) is 0 Å². The number of likely N-dealkylation sites (tertiary alicyclic amines) is 1. The summed E-state index contributed by atoms with van der Waals surface area (Å²) in [6.45, 7) is 0.108. The van der Waals surface area contributed by atoms with E-state index in [4.69, 9.17) is 4.74 Å². The van der Waals surface area contributed by atoms with Crippen molar-refractivity contribution in [2.45, 2.75) is 50.8 Å². The molecule has 1 aromatic carbocycles. The van der Waals surface area contributed by atoms with Crippen LogP contribution in [0.25, 0.3) is 0 Å². The van der Waals surface area contributed by atoms with Crippen molar-refractivity contribution in [1.29, 1.82) is 0 Å². The Hall–Kier alpha value is -2.67. The van der Waals surface area contributed by atoms with Crippen LogP contribution in [0.2, 0.25) is 0 Å². The average molecular weight is 355 g/mol. The van der Waals surface area contributed by atoms with E-state index >= 15 is 0 Å². The number of fused-ring (bicyclic) bond motifs is 1. The van der Waals surface area contributed by atoms with Gasteiger partial charge in [0.05, 0.1) is 5.57 Å². The zero-order valence-corrected chi connectivity index (χ0v) is 14.4. The summed E-state index contributed by atoms with van der Waals surface area (Å²) >= 11 is 0. The highest BCUT2D eigenvalue weighted by atomic mass is 16.5. The second-order valence-corrected chi connectivity index (χ2v) is 6.86.